The Balaban J connectivity index is 1.42. The molecule has 3 fully saturated rings. The van der Waals surface area contributed by atoms with E-state index >= 15 is 0 Å². The normalized spacial score (nSPS) is 26.7. The van der Waals surface area contributed by atoms with Crippen LogP contribution in [0.2, 0.25) is 0 Å². The van der Waals surface area contributed by atoms with Crippen molar-refractivity contribution in [2.75, 3.05) is 26.2 Å². The van der Waals surface area contributed by atoms with Crippen molar-refractivity contribution in [3.63, 3.8) is 0 Å². The lowest BCUT2D eigenvalue weighted by Gasteiger charge is -2.42. The summed E-state index contributed by atoms with van der Waals surface area (Å²) in [6.45, 7) is 3.81. The maximum atomic E-state index is 13.2. The van der Waals surface area contributed by atoms with E-state index in [9.17, 15) is 18.8 Å². The summed E-state index contributed by atoms with van der Waals surface area (Å²) < 4.78 is 13.2. The number of benzene rings is 1. The van der Waals surface area contributed by atoms with Gasteiger partial charge in [0.05, 0.1) is 11.3 Å². The number of hydrogen-bond acceptors (Lipinski definition) is 3. The molecule has 0 aromatic heterocycles. The standard InChI is InChI=1S/C20H24FN3O3/c1-13-12-23(18(26)14-10-17(25)22-11-14)8-9-24(13)19(27)20(6-7-20)15-2-4-16(21)5-3-15/h2-5,13-14H,6-12H2,1H3,(H,22,25)/t13-,14?/m1/s1. The average Bonchev–Trinajstić information content (AvgIpc) is 3.36. The first kappa shape index (κ1) is 17.9. The molecular formula is C20H24FN3O3. The lowest BCUT2D eigenvalue weighted by molar-refractivity contribution is -0.146. The van der Waals surface area contributed by atoms with Gasteiger partial charge in [0.25, 0.3) is 0 Å². The molecule has 1 unspecified atom stereocenters. The zero-order chi connectivity index (χ0) is 19.2. The molecule has 2 saturated heterocycles. The highest BCUT2D eigenvalue weighted by Crippen LogP contribution is 2.50. The number of carbonyl (C=O) groups is 3. The largest absolute Gasteiger partial charge is 0.355 e. The zero-order valence-electron chi connectivity index (χ0n) is 15.4. The summed E-state index contributed by atoms with van der Waals surface area (Å²) in [4.78, 5) is 40.8. The second-order valence-electron chi connectivity index (χ2n) is 7.93. The molecule has 2 aliphatic heterocycles. The van der Waals surface area contributed by atoms with Crippen LogP contribution in [0.15, 0.2) is 24.3 Å². The van der Waals surface area contributed by atoms with Crippen LogP contribution in [0.4, 0.5) is 4.39 Å². The molecule has 1 aromatic rings. The van der Waals surface area contributed by atoms with Gasteiger partial charge in [-0.25, -0.2) is 4.39 Å². The molecule has 1 aliphatic carbocycles. The SMILES string of the molecule is C[C@@H]1CN(C(=O)C2CNC(=O)C2)CCN1C(=O)C1(c2ccc(F)cc2)CC1. The van der Waals surface area contributed by atoms with Gasteiger partial charge in [0.2, 0.25) is 17.7 Å². The Morgan fingerprint density at radius 1 is 1.19 bits per heavy atom. The topological polar surface area (TPSA) is 69.7 Å². The van der Waals surface area contributed by atoms with Crippen molar-refractivity contribution in [2.24, 2.45) is 5.92 Å². The molecular weight excluding hydrogens is 349 g/mol. The second kappa shape index (κ2) is 6.62. The third-order valence-electron chi connectivity index (χ3n) is 6.08. The zero-order valence-corrected chi connectivity index (χ0v) is 15.4. The minimum atomic E-state index is -0.532. The van der Waals surface area contributed by atoms with E-state index in [0.29, 0.717) is 26.2 Å². The van der Waals surface area contributed by atoms with Crippen molar-refractivity contribution >= 4 is 17.7 Å². The molecule has 27 heavy (non-hydrogen) atoms. The van der Waals surface area contributed by atoms with Crippen LogP contribution >= 0.6 is 0 Å². The van der Waals surface area contributed by atoms with Gasteiger partial charge in [-0.05, 0) is 37.5 Å². The van der Waals surface area contributed by atoms with E-state index in [-0.39, 0.29) is 41.9 Å². The fourth-order valence-corrected chi connectivity index (χ4v) is 4.29. The van der Waals surface area contributed by atoms with Crippen molar-refractivity contribution in [2.45, 2.75) is 37.6 Å². The second-order valence-corrected chi connectivity index (χ2v) is 7.93. The molecule has 0 bridgehead atoms. The number of rotatable bonds is 3. The predicted octanol–water partition coefficient (Wildman–Crippen LogP) is 1.05. The molecule has 3 amide bonds. The highest BCUT2D eigenvalue weighted by molar-refractivity contribution is 5.92. The minimum absolute atomic E-state index is 0.00744. The molecule has 1 N–H and O–H groups in total. The molecule has 4 rings (SSSR count). The summed E-state index contributed by atoms with van der Waals surface area (Å²) in [6.07, 6.45) is 1.80. The maximum Gasteiger partial charge on any atom is 0.233 e. The Kier molecular flexibility index (Phi) is 4.40. The lowest BCUT2D eigenvalue weighted by atomic mass is 9.93. The van der Waals surface area contributed by atoms with Gasteiger partial charge in [-0.2, -0.15) is 0 Å². The number of hydrogen-bond donors (Lipinski definition) is 1. The minimum Gasteiger partial charge on any atom is -0.355 e. The van der Waals surface area contributed by atoms with Crippen LogP contribution in [0.3, 0.4) is 0 Å². The molecule has 3 aliphatic rings. The molecule has 2 atom stereocenters. The van der Waals surface area contributed by atoms with Crippen LogP contribution in [0.5, 0.6) is 0 Å². The van der Waals surface area contributed by atoms with E-state index < -0.39 is 5.41 Å². The quantitative estimate of drug-likeness (QED) is 0.861. The number of carbonyl (C=O) groups excluding carboxylic acids is 3. The molecule has 2 heterocycles. The van der Waals surface area contributed by atoms with Crippen LogP contribution < -0.4 is 5.32 Å². The number of nitrogens with one attached hydrogen (secondary N) is 1. The molecule has 144 valence electrons. The highest BCUT2D eigenvalue weighted by Gasteiger charge is 2.54. The monoisotopic (exact) mass is 373 g/mol. The number of halogens is 1. The van der Waals surface area contributed by atoms with E-state index in [1.54, 1.807) is 17.0 Å². The van der Waals surface area contributed by atoms with Crippen LogP contribution in [0.25, 0.3) is 0 Å². The summed E-state index contributed by atoms with van der Waals surface area (Å²) in [5.74, 6) is -0.605. The van der Waals surface area contributed by atoms with Gasteiger partial charge in [-0.3, -0.25) is 14.4 Å². The molecule has 7 heteroatoms. The average molecular weight is 373 g/mol. The number of nitrogens with zero attached hydrogens (tertiary/aromatic N) is 2. The third-order valence-corrected chi connectivity index (χ3v) is 6.08. The fourth-order valence-electron chi connectivity index (χ4n) is 4.29. The van der Waals surface area contributed by atoms with E-state index in [1.807, 2.05) is 11.8 Å². The van der Waals surface area contributed by atoms with Crippen molar-refractivity contribution in [1.82, 2.24) is 15.1 Å². The fraction of sp³-hybridized carbons (Fsp3) is 0.550. The van der Waals surface area contributed by atoms with Gasteiger partial charge in [-0.1, -0.05) is 12.1 Å². The molecule has 0 radical (unpaired) electrons. The van der Waals surface area contributed by atoms with E-state index in [2.05, 4.69) is 5.32 Å². The van der Waals surface area contributed by atoms with Crippen molar-refractivity contribution < 1.29 is 18.8 Å². The summed E-state index contributed by atoms with van der Waals surface area (Å²) in [6, 6.07) is 6.13. The molecule has 1 aromatic carbocycles. The van der Waals surface area contributed by atoms with E-state index in [0.717, 1.165) is 18.4 Å². The first-order valence-electron chi connectivity index (χ1n) is 9.53. The third kappa shape index (κ3) is 3.19. The van der Waals surface area contributed by atoms with Gasteiger partial charge >= 0.3 is 0 Å². The van der Waals surface area contributed by atoms with Gasteiger partial charge in [0.15, 0.2) is 0 Å². The van der Waals surface area contributed by atoms with E-state index in [4.69, 9.17) is 0 Å². The van der Waals surface area contributed by atoms with Crippen LogP contribution in [0.1, 0.15) is 31.7 Å². The summed E-state index contributed by atoms with van der Waals surface area (Å²) in [5.41, 5.74) is 0.339. The Morgan fingerprint density at radius 3 is 2.44 bits per heavy atom. The molecule has 1 saturated carbocycles. The Hall–Kier alpha value is -2.44. The smallest absolute Gasteiger partial charge is 0.233 e. The van der Waals surface area contributed by atoms with Crippen LogP contribution in [-0.2, 0) is 19.8 Å². The van der Waals surface area contributed by atoms with Gasteiger partial charge in [-0.15, -0.1) is 0 Å². The number of amides is 3. The summed E-state index contributed by atoms with van der Waals surface area (Å²) in [5, 5.41) is 2.70. The predicted molar refractivity (Wildman–Crippen MR) is 96.2 cm³/mol. The lowest BCUT2D eigenvalue weighted by Crippen LogP contribution is -2.58. The first-order chi connectivity index (χ1) is 12.9. The highest BCUT2D eigenvalue weighted by atomic mass is 19.1. The van der Waals surface area contributed by atoms with Crippen LogP contribution in [-0.4, -0.2) is 59.7 Å². The summed E-state index contributed by atoms with van der Waals surface area (Å²) >= 11 is 0. The summed E-state index contributed by atoms with van der Waals surface area (Å²) in [7, 11) is 0. The van der Waals surface area contributed by atoms with Crippen LogP contribution in [0, 0.1) is 11.7 Å². The Bertz CT molecular complexity index is 775. The van der Waals surface area contributed by atoms with Crippen molar-refractivity contribution in [1.29, 1.82) is 0 Å². The first-order valence-corrected chi connectivity index (χ1v) is 9.53. The molecule has 0 spiro atoms. The number of piperazine rings is 1. The van der Waals surface area contributed by atoms with Crippen molar-refractivity contribution in [3.05, 3.63) is 35.6 Å². The maximum absolute atomic E-state index is 13.2. The molecule has 6 nitrogen and oxygen atoms in total. The Labute approximate surface area is 157 Å². The van der Waals surface area contributed by atoms with Gasteiger partial charge < -0.3 is 15.1 Å². The van der Waals surface area contributed by atoms with Gasteiger partial charge in [0.1, 0.15) is 5.82 Å². The van der Waals surface area contributed by atoms with Gasteiger partial charge in [0, 0.05) is 38.6 Å². The Morgan fingerprint density at radius 2 is 1.89 bits per heavy atom. The van der Waals surface area contributed by atoms with Crippen molar-refractivity contribution in [3.8, 4) is 0 Å². The van der Waals surface area contributed by atoms with E-state index in [1.165, 1.54) is 12.1 Å².